The van der Waals surface area contributed by atoms with Gasteiger partial charge in [-0.2, -0.15) is 12.6 Å². The van der Waals surface area contributed by atoms with Crippen LogP contribution in [-0.4, -0.2) is 68.1 Å². The monoisotopic (exact) mass is 283 g/mol. The fourth-order valence-corrected chi connectivity index (χ4v) is 1.69. The van der Waals surface area contributed by atoms with Gasteiger partial charge in [0.2, 0.25) is 0 Å². The molecule has 1 aromatic heterocycles. The van der Waals surface area contributed by atoms with E-state index in [1.807, 2.05) is 0 Å². The van der Waals surface area contributed by atoms with Gasteiger partial charge in [-0.3, -0.25) is 9.78 Å². The summed E-state index contributed by atoms with van der Waals surface area (Å²) in [5, 5.41) is 0.454. The van der Waals surface area contributed by atoms with Gasteiger partial charge in [-0.25, -0.2) is 0 Å². The van der Waals surface area contributed by atoms with E-state index in [2.05, 4.69) is 17.6 Å². The van der Waals surface area contributed by atoms with Gasteiger partial charge >= 0.3 is 57.4 Å². The zero-order valence-electron chi connectivity index (χ0n) is 7.94. The summed E-state index contributed by atoms with van der Waals surface area (Å²) in [6.07, 6.45) is 3.83. The predicted molar refractivity (Wildman–Crippen MR) is 67.9 cm³/mol. The van der Waals surface area contributed by atoms with Crippen molar-refractivity contribution in [3.8, 4) is 5.75 Å². The molecule has 1 aromatic rings. The number of aromatic nitrogens is 1. The molecule has 0 bridgehead atoms. The fraction of sp³-hybridized carbons (Fsp3) is 0.400. The van der Waals surface area contributed by atoms with E-state index in [1.165, 1.54) is 0 Å². The number of nitrogens with zero attached hydrogens (tertiary/aromatic N) is 1. The van der Waals surface area contributed by atoms with Gasteiger partial charge < -0.3 is 4.74 Å². The van der Waals surface area contributed by atoms with Crippen LogP contribution in [0.15, 0.2) is 12.3 Å². The summed E-state index contributed by atoms with van der Waals surface area (Å²) in [4.78, 5) is 15.2. The minimum atomic E-state index is -0.409. The standard InChI is InChI=1S/C10H10ClNO2S.K.H/c11-9-7(14-8(13)5-15)3-4-12-10(9)6-1-2-6;;/h3-4,6,15H,1-2,5H2;;. The average Bonchev–Trinajstić information content (AvgIpc) is 3.04. The number of hydrogen-bond acceptors (Lipinski definition) is 4. The second kappa shape index (κ2) is 6.73. The summed E-state index contributed by atoms with van der Waals surface area (Å²) < 4.78 is 5.03. The van der Waals surface area contributed by atoms with Crippen LogP contribution >= 0.6 is 24.2 Å². The molecule has 1 heterocycles. The SMILES string of the molecule is O=C(CS)Oc1ccnc(C2CC2)c1Cl.[KH]. The van der Waals surface area contributed by atoms with Gasteiger partial charge in [-0.15, -0.1) is 0 Å². The van der Waals surface area contributed by atoms with Crippen LogP contribution in [0.2, 0.25) is 5.02 Å². The zero-order chi connectivity index (χ0) is 10.8. The second-order valence-electron chi connectivity index (χ2n) is 3.41. The van der Waals surface area contributed by atoms with Gasteiger partial charge in [0.1, 0.15) is 5.02 Å². The molecule has 0 amide bonds. The molecule has 1 saturated carbocycles. The number of pyridine rings is 1. The van der Waals surface area contributed by atoms with Crippen molar-refractivity contribution >= 4 is 81.6 Å². The Bertz CT molecular complexity index is 398. The number of carbonyl (C=O) groups is 1. The Kier molecular flexibility index (Phi) is 6.29. The Morgan fingerprint density at radius 2 is 2.31 bits per heavy atom. The van der Waals surface area contributed by atoms with Crippen molar-refractivity contribution < 1.29 is 9.53 Å². The van der Waals surface area contributed by atoms with Crippen LogP contribution in [0.5, 0.6) is 5.75 Å². The molecule has 3 nitrogen and oxygen atoms in total. The first kappa shape index (κ1) is 15.0. The van der Waals surface area contributed by atoms with Crippen molar-refractivity contribution in [1.29, 1.82) is 0 Å². The number of thiol groups is 1. The molecular weight excluding hydrogens is 273 g/mol. The number of ether oxygens (including phenoxy) is 1. The van der Waals surface area contributed by atoms with E-state index in [9.17, 15) is 4.79 Å². The summed E-state index contributed by atoms with van der Waals surface area (Å²) in [6.45, 7) is 0. The topological polar surface area (TPSA) is 39.2 Å². The van der Waals surface area contributed by atoms with Crippen LogP contribution in [0.25, 0.3) is 0 Å². The summed E-state index contributed by atoms with van der Waals surface area (Å²) in [5.74, 6) is 0.449. The molecule has 0 unspecified atom stereocenters. The number of hydrogen-bond donors (Lipinski definition) is 1. The Morgan fingerprint density at radius 1 is 1.62 bits per heavy atom. The third-order valence-corrected chi connectivity index (χ3v) is 2.84. The fourth-order valence-electron chi connectivity index (χ4n) is 1.32. The molecule has 0 N–H and O–H groups in total. The van der Waals surface area contributed by atoms with E-state index < -0.39 is 5.97 Å². The molecule has 0 spiro atoms. The third-order valence-electron chi connectivity index (χ3n) is 2.20. The van der Waals surface area contributed by atoms with Crippen molar-refractivity contribution in [3.63, 3.8) is 0 Å². The van der Waals surface area contributed by atoms with Gasteiger partial charge in [-0.1, -0.05) is 11.6 Å². The molecule has 16 heavy (non-hydrogen) atoms. The molecule has 0 radical (unpaired) electrons. The van der Waals surface area contributed by atoms with Crippen LogP contribution < -0.4 is 4.74 Å². The third kappa shape index (κ3) is 3.70. The first-order valence-electron chi connectivity index (χ1n) is 4.68. The number of carbonyl (C=O) groups excluding carboxylic acids is 1. The number of rotatable bonds is 3. The Labute approximate surface area is 147 Å². The van der Waals surface area contributed by atoms with Crippen LogP contribution in [0.3, 0.4) is 0 Å². The first-order valence-corrected chi connectivity index (χ1v) is 5.69. The van der Waals surface area contributed by atoms with E-state index in [4.69, 9.17) is 16.3 Å². The molecule has 0 atom stereocenters. The van der Waals surface area contributed by atoms with E-state index in [0.29, 0.717) is 16.7 Å². The molecule has 0 aromatic carbocycles. The van der Waals surface area contributed by atoms with Gasteiger partial charge in [0.25, 0.3) is 0 Å². The average molecular weight is 284 g/mol. The van der Waals surface area contributed by atoms with Crippen LogP contribution in [-0.2, 0) is 4.79 Å². The van der Waals surface area contributed by atoms with Gasteiger partial charge in [0.05, 0.1) is 11.4 Å². The Morgan fingerprint density at radius 3 is 2.88 bits per heavy atom. The van der Waals surface area contributed by atoms with Crippen LogP contribution in [0, 0.1) is 0 Å². The molecule has 6 heteroatoms. The van der Waals surface area contributed by atoms with Crippen LogP contribution in [0.1, 0.15) is 24.5 Å². The van der Waals surface area contributed by atoms with E-state index in [1.54, 1.807) is 12.3 Å². The number of halogens is 1. The van der Waals surface area contributed by atoms with Crippen LogP contribution in [0.4, 0.5) is 0 Å². The normalized spacial score (nSPS) is 14.1. The van der Waals surface area contributed by atoms with E-state index in [0.717, 1.165) is 18.5 Å². The minimum absolute atomic E-state index is 0. The molecule has 1 aliphatic carbocycles. The van der Waals surface area contributed by atoms with Crippen molar-refractivity contribution in [2.75, 3.05) is 5.75 Å². The van der Waals surface area contributed by atoms with Gasteiger partial charge in [0, 0.05) is 18.2 Å². The van der Waals surface area contributed by atoms with E-state index >= 15 is 0 Å². The first-order chi connectivity index (χ1) is 7.22. The Balaban J connectivity index is 0.00000128. The van der Waals surface area contributed by atoms with Crippen molar-refractivity contribution in [1.82, 2.24) is 4.98 Å². The van der Waals surface area contributed by atoms with Gasteiger partial charge in [-0.05, 0) is 12.8 Å². The molecular formula is C10H11ClKNO2S. The summed E-state index contributed by atoms with van der Waals surface area (Å²) in [6, 6.07) is 1.59. The summed E-state index contributed by atoms with van der Waals surface area (Å²) >= 11 is 9.91. The van der Waals surface area contributed by atoms with Crippen molar-refractivity contribution in [3.05, 3.63) is 23.0 Å². The summed E-state index contributed by atoms with van der Waals surface area (Å²) in [7, 11) is 0. The predicted octanol–water partition coefficient (Wildman–Crippen LogP) is 1.80. The van der Waals surface area contributed by atoms with Crippen molar-refractivity contribution in [2.24, 2.45) is 0 Å². The maximum absolute atomic E-state index is 11.1. The summed E-state index contributed by atoms with van der Waals surface area (Å²) in [5.41, 5.74) is 0.834. The molecule has 0 aliphatic heterocycles. The number of esters is 1. The van der Waals surface area contributed by atoms with E-state index in [-0.39, 0.29) is 57.1 Å². The molecule has 2 rings (SSSR count). The van der Waals surface area contributed by atoms with Gasteiger partial charge in [0.15, 0.2) is 5.75 Å². The molecule has 1 fully saturated rings. The molecule has 0 saturated heterocycles. The second-order valence-corrected chi connectivity index (χ2v) is 4.11. The molecule has 1 aliphatic rings. The molecule has 82 valence electrons. The maximum atomic E-state index is 11.1. The Hall–Kier alpha value is 0.896. The van der Waals surface area contributed by atoms with Crippen molar-refractivity contribution in [2.45, 2.75) is 18.8 Å². The quantitative estimate of drug-likeness (QED) is 0.522. The zero-order valence-corrected chi connectivity index (χ0v) is 9.59.